The van der Waals surface area contributed by atoms with Crippen LogP contribution >= 0.6 is 0 Å². The van der Waals surface area contributed by atoms with E-state index in [0.29, 0.717) is 5.56 Å². The summed E-state index contributed by atoms with van der Waals surface area (Å²) in [5.74, 6) is 0.509. The molecule has 0 saturated heterocycles. The van der Waals surface area contributed by atoms with Crippen LogP contribution in [-0.4, -0.2) is 11.9 Å². The van der Waals surface area contributed by atoms with Gasteiger partial charge in [-0.2, -0.15) is 0 Å². The third-order valence-electron chi connectivity index (χ3n) is 3.48. The molecule has 3 heteroatoms. The number of allylic oxidation sites excluding steroid dienone is 1. The highest BCUT2D eigenvalue weighted by Gasteiger charge is 2.19. The molecule has 0 spiro atoms. The molecule has 21 heavy (non-hydrogen) atoms. The fourth-order valence-electron chi connectivity index (χ4n) is 2.42. The predicted octanol–water partition coefficient (Wildman–Crippen LogP) is 4.05. The summed E-state index contributed by atoms with van der Waals surface area (Å²) in [6.07, 6.45) is 4.19. The summed E-state index contributed by atoms with van der Waals surface area (Å²) < 4.78 is 18.4. The zero-order valence-electron chi connectivity index (χ0n) is 11.7. The van der Waals surface area contributed by atoms with E-state index in [2.05, 4.69) is 0 Å². The third-order valence-corrected chi connectivity index (χ3v) is 3.48. The van der Waals surface area contributed by atoms with Crippen molar-refractivity contribution in [2.24, 2.45) is 0 Å². The van der Waals surface area contributed by atoms with Crippen LogP contribution in [0, 0.1) is 5.82 Å². The first-order valence-corrected chi connectivity index (χ1v) is 6.89. The lowest BCUT2D eigenvalue weighted by molar-refractivity contribution is 0.104. The van der Waals surface area contributed by atoms with Crippen LogP contribution in [0.4, 0.5) is 4.39 Å². The van der Waals surface area contributed by atoms with Gasteiger partial charge in [-0.05, 0) is 54.5 Å². The van der Waals surface area contributed by atoms with Gasteiger partial charge in [0, 0.05) is 12.0 Å². The summed E-state index contributed by atoms with van der Waals surface area (Å²) in [5, 5.41) is 0. The van der Waals surface area contributed by atoms with E-state index < -0.39 is 0 Å². The Labute approximate surface area is 122 Å². The monoisotopic (exact) mass is 282 g/mol. The molecule has 1 aliphatic heterocycles. The molecule has 0 radical (unpaired) electrons. The van der Waals surface area contributed by atoms with Crippen molar-refractivity contribution < 1.29 is 13.9 Å². The first-order valence-electron chi connectivity index (χ1n) is 6.89. The van der Waals surface area contributed by atoms with Gasteiger partial charge in [-0.1, -0.05) is 18.2 Å². The minimum atomic E-state index is -0.286. The van der Waals surface area contributed by atoms with Gasteiger partial charge in [-0.3, -0.25) is 4.79 Å². The molecule has 1 atom stereocenters. The standard InChI is InChI=1S/C18H15FO2/c1-12-10-15-11-14(5-9-18(15)21-12)17(20)8-4-13-2-6-16(19)7-3-13/h2-9,11-12H,10H2,1H3/b8-4-. The lowest BCUT2D eigenvalue weighted by Gasteiger charge is -2.02. The van der Waals surface area contributed by atoms with Gasteiger partial charge >= 0.3 is 0 Å². The molecule has 2 aromatic rings. The molecule has 0 aromatic heterocycles. The minimum Gasteiger partial charge on any atom is -0.490 e. The van der Waals surface area contributed by atoms with E-state index in [1.54, 1.807) is 24.3 Å². The molecule has 1 unspecified atom stereocenters. The van der Waals surface area contributed by atoms with Gasteiger partial charge in [0.2, 0.25) is 0 Å². The van der Waals surface area contributed by atoms with Crippen molar-refractivity contribution in [1.29, 1.82) is 0 Å². The highest BCUT2D eigenvalue weighted by Crippen LogP contribution is 2.29. The molecule has 1 heterocycles. The SMILES string of the molecule is CC1Cc2cc(C(=O)/C=C\c3ccc(F)cc3)ccc2O1. The van der Waals surface area contributed by atoms with Gasteiger partial charge < -0.3 is 4.74 Å². The average molecular weight is 282 g/mol. The molecular weight excluding hydrogens is 267 g/mol. The fourth-order valence-corrected chi connectivity index (χ4v) is 2.42. The molecule has 0 fully saturated rings. The number of ketones is 1. The fraction of sp³-hybridized carbons (Fsp3) is 0.167. The van der Waals surface area contributed by atoms with Crippen molar-refractivity contribution in [1.82, 2.24) is 0 Å². The van der Waals surface area contributed by atoms with Crippen LogP contribution in [0.1, 0.15) is 28.4 Å². The number of halogens is 1. The number of benzene rings is 2. The van der Waals surface area contributed by atoms with E-state index in [1.807, 2.05) is 19.1 Å². The van der Waals surface area contributed by atoms with Crippen molar-refractivity contribution in [3.8, 4) is 5.75 Å². The highest BCUT2D eigenvalue weighted by molar-refractivity contribution is 6.07. The Hall–Kier alpha value is -2.42. The van der Waals surface area contributed by atoms with Crippen molar-refractivity contribution in [2.45, 2.75) is 19.4 Å². The van der Waals surface area contributed by atoms with Crippen molar-refractivity contribution >= 4 is 11.9 Å². The van der Waals surface area contributed by atoms with Crippen molar-refractivity contribution in [3.05, 3.63) is 71.0 Å². The minimum absolute atomic E-state index is 0.0679. The molecule has 1 aliphatic rings. The smallest absolute Gasteiger partial charge is 0.185 e. The number of carbonyl (C=O) groups excluding carboxylic acids is 1. The normalized spacial score (nSPS) is 16.8. The van der Waals surface area contributed by atoms with Crippen LogP contribution in [0.3, 0.4) is 0 Å². The number of rotatable bonds is 3. The summed E-state index contributed by atoms with van der Waals surface area (Å²) in [5.41, 5.74) is 2.51. The summed E-state index contributed by atoms with van der Waals surface area (Å²) >= 11 is 0. The van der Waals surface area contributed by atoms with E-state index in [1.165, 1.54) is 18.2 Å². The summed E-state index contributed by atoms with van der Waals surface area (Å²) in [7, 11) is 0. The predicted molar refractivity (Wildman–Crippen MR) is 80.0 cm³/mol. The summed E-state index contributed by atoms with van der Waals surface area (Å²) in [6.45, 7) is 2.01. The van der Waals surface area contributed by atoms with Crippen LogP contribution in [0.2, 0.25) is 0 Å². The molecule has 0 saturated carbocycles. The first kappa shape index (κ1) is 13.6. The molecular formula is C18H15FO2. The zero-order chi connectivity index (χ0) is 14.8. The molecule has 3 rings (SSSR count). The largest absolute Gasteiger partial charge is 0.490 e. The summed E-state index contributed by atoms with van der Waals surface area (Å²) in [4.78, 5) is 12.2. The number of carbonyl (C=O) groups is 1. The topological polar surface area (TPSA) is 26.3 Å². The molecule has 0 N–H and O–H groups in total. The third kappa shape index (κ3) is 3.02. The Balaban J connectivity index is 1.77. The van der Waals surface area contributed by atoms with Crippen LogP contribution in [-0.2, 0) is 6.42 Å². The lowest BCUT2D eigenvalue weighted by Crippen LogP contribution is -2.05. The maximum absolute atomic E-state index is 12.8. The average Bonchev–Trinajstić information content (AvgIpc) is 2.85. The van der Waals surface area contributed by atoms with Crippen molar-refractivity contribution in [2.75, 3.05) is 0 Å². The number of hydrogen-bond acceptors (Lipinski definition) is 2. The molecule has 0 bridgehead atoms. The molecule has 2 aromatic carbocycles. The van der Waals surface area contributed by atoms with Crippen molar-refractivity contribution in [3.63, 3.8) is 0 Å². The maximum Gasteiger partial charge on any atom is 0.185 e. The second-order valence-electron chi connectivity index (χ2n) is 5.20. The Bertz CT molecular complexity index is 702. The Morgan fingerprint density at radius 2 is 2.00 bits per heavy atom. The highest BCUT2D eigenvalue weighted by atomic mass is 19.1. The quantitative estimate of drug-likeness (QED) is 0.627. The number of ether oxygens (including phenoxy) is 1. The van der Waals surface area contributed by atoms with E-state index in [-0.39, 0.29) is 17.7 Å². The van der Waals surface area contributed by atoms with Crippen LogP contribution in [0.5, 0.6) is 5.75 Å². The Kier molecular flexibility index (Phi) is 3.57. The molecule has 106 valence electrons. The van der Waals surface area contributed by atoms with Gasteiger partial charge in [0.15, 0.2) is 5.78 Å². The zero-order valence-corrected chi connectivity index (χ0v) is 11.7. The second-order valence-corrected chi connectivity index (χ2v) is 5.20. The molecule has 2 nitrogen and oxygen atoms in total. The first-order chi connectivity index (χ1) is 10.1. The van der Waals surface area contributed by atoms with Gasteiger partial charge in [0.25, 0.3) is 0 Å². The lowest BCUT2D eigenvalue weighted by atomic mass is 10.0. The van der Waals surface area contributed by atoms with E-state index in [0.717, 1.165) is 23.3 Å². The van der Waals surface area contributed by atoms with Gasteiger partial charge in [-0.25, -0.2) is 4.39 Å². The molecule has 0 amide bonds. The van der Waals surface area contributed by atoms with Gasteiger partial charge in [0.1, 0.15) is 17.7 Å². The number of fused-ring (bicyclic) bond motifs is 1. The van der Waals surface area contributed by atoms with Crippen LogP contribution in [0.25, 0.3) is 6.08 Å². The van der Waals surface area contributed by atoms with Gasteiger partial charge in [-0.15, -0.1) is 0 Å². The van der Waals surface area contributed by atoms with Crippen LogP contribution in [0.15, 0.2) is 48.5 Å². The maximum atomic E-state index is 12.8. The van der Waals surface area contributed by atoms with E-state index >= 15 is 0 Å². The van der Waals surface area contributed by atoms with E-state index in [4.69, 9.17) is 4.74 Å². The Morgan fingerprint density at radius 3 is 2.76 bits per heavy atom. The summed E-state index contributed by atoms with van der Waals surface area (Å²) in [6, 6.07) is 11.5. The Morgan fingerprint density at radius 1 is 1.24 bits per heavy atom. The second kappa shape index (κ2) is 5.52. The number of hydrogen-bond donors (Lipinski definition) is 0. The van der Waals surface area contributed by atoms with Crippen LogP contribution < -0.4 is 4.74 Å². The van der Waals surface area contributed by atoms with Gasteiger partial charge in [0.05, 0.1) is 0 Å². The van der Waals surface area contributed by atoms with E-state index in [9.17, 15) is 9.18 Å². The molecule has 0 aliphatic carbocycles.